The minimum atomic E-state index is -0.690. The normalized spacial score (nSPS) is 21.2. The molecule has 0 saturated carbocycles. The Balaban J connectivity index is 1.67. The van der Waals surface area contributed by atoms with Gasteiger partial charge in [-0.3, -0.25) is 4.79 Å². The molecule has 2 saturated heterocycles. The van der Waals surface area contributed by atoms with Crippen LogP contribution in [0.5, 0.6) is 0 Å². The highest BCUT2D eigenvalue weighted by Crippen LogP contribution is 2.29. The van der Waals surface area contributed by atoms with E-state index in [1.165, 1.54) is 12.1 Å². The van der Waals surface area contributed by atoms with Gasteiger partial charge in [0, 0.05) is 44.6 Å². The van der Waals surface area contributed by atoms with Crippen molar-refractivity contribution in [3.8, 4) is 0 Å². The van der Waals surface area contributed by atoms with Crippen LogP contribution in [0.3, 0.4) is 0 Å². The number of amides is 1. The fraction of sp³-hybridized carbons (Fsp3) is 0.667. The van der Waals surface area contributed by atoms with E-state index in [1.54, 1.807) is 6.07 Å². The highest BCUT2D eigenvalue weighted by molar-refractivity contribution is 5.89. The van der Waals surface area contributed by atoms with Crippen molar-refractivity contribution in [2.24, 2.45) is 5.92 Å². The van der Waals surface area contributed by atoms with Gasteiger partial charge < -0.3 is 20.3 Å². The van der Waals surface area contributed by atoms with Crippen LogP contribution in [-0.2, 0) is 9.53 Å². The Labute approximate surface area is 161 Å². The molecule has 27 heavy (non-hydrogen) atoms. The predicted molar refractivity (Wildman–Crippen MR) is 105 cm³/mol. The first-order valence-electron chi connectivity index (χ1n) is 10.1. The molecule has 2 heterocycles. The van der Waals surface area contributed by atoms with Gasteiger partial charge >= 0.3 is 0 Å². The van der Waals surface area contributed by atoms with Gasteiger partial charge in [-0.2, -0.15) is 0 Å². The summed E-state index contributed by atoms with van der Waals surface area (Å²) < 4.78 is 19.1. The molecule has 1 aromatic carbocycles. The van der Waals surface area contributed by atoms with E-state index in [2.05, 4.69) is 15.5 Å². The second-order valence-electron chi connectivity index (χ2n) is 8.20. The van der Waals surface area contributed by atoms with Crippen LogP contribution in [0.25, 0.3) is 0 Å². The number of benzene rings is 1. The molecule has 0 unspecified atom stereocenters. The van der Waals surface area contributed by atoms with Gasteiger partial charge in [0.1, 0.15) is 11.4 Å². The fourth-order valence-electron chi connectivity index (χ4n) is 4.06. The first-order chi connectivity index (χ1) is 13.0. The van der Waals surface area contributed by atoms with Crippen molar-refractivity contribution in [1.29, 1.82) is 0 Å². The van der Waals surface area contributed by atoms with Crippen LogP contribution in [-0.4, -0.2) is 55.2 Å². The minimum Gasteiger partial charge on any atom is -0.381 e. The molecular weight excluding hydrogens is 345 g/mol. The molecule has 2 fully saturated rings. The molecule has 2 aliphatic rings. The summed E-state index contributed by atoms with van der Waals surface area (Å²) in [7, 11) is 0. The van der Waals surface area contributed by atoms with Crippen LogP contribution in [0, 0.1) is 11.7 Å². The Hall–Kier alpha value is -1.66. The van der Waals surface area contributed by atoms with Crippen molar-refractivity contribution in [3.63, 3.8) is 0 Å². The summed E-state index contributed by atoms with van der Waals surface area (Å²) in [5.41, 5.74) is -0.0312. The van der Waals surface area contributed by atoms with E-state index in [4.69, 9.17) is 4.74 Å². The third-order valence-electron chi connectivity index (χ3n) is 5.63. The summed E-state index contributed by atoms with van der Waals surface area (Å²) in [5.74, 6) is 0.399. The first-order valence-corrected chi connectivity index (χ1v) is 10.1. The van der Waals surface area contributed by atoms with E-state index in [0.717, 1.165) is 45.7 Å². The SMILES string of the molecule is CC(C)NC(=O)C1(Nc2cccc(F)c2)CCN(CC2CCOCC2)CC1. The maximum atomic E-state index is 13.6. The maximum Gasteiger partial charge on any atom is 0.245 e. The molecule has 2 aliphatic heterocycles. The van der Waals surface area contributed by atoms with Crippen molar-refractivity contribution in [2.75, 3.05) is 38.2 Å². The van der Waals surface area contributed by atoms with E-state index in [-0.39, 0.29) is 17.8 Å². The lowest BCUT2D eigenvalue weighted by atomic mass is 9.85. The van der Waals surface area contributed by atoms with Crippen LogP contribution < -0.4 is 10.6 Å². The zero-order valence-corrected chi connectivity index (χ0v) is 16.5. The van der Waals surface area contributed by atoms with Crippen molar-refractivity contribution in [2.45, 2.75) is 51.1 Å². The molecule has 1 amide bonds. The van der Waals surface area contributed by atoms with Crippen LogP contribution in [0.15, 0.2) is 24.3 Å². The van der Waals surface area contributed by atoms with Gasteiger partial charge in [0.25, 0.3) is 0 Å². The van der Waals surface area contributed by atoms with Gasteiger partial charge in [-0.05, 0) is 63.6 Å². The summed E-state index contributed by atoms with van der Waals surface area (Å²) in [6, 6.07) is 6.44. The summed E-state index contributed by atoms with van der Waals surface area (Å²) in [5, 5.41) is 6.42. The topological polar surface area (TPSA) is 53.6 Å². The number of nitrogens with one attached hydrogen (secondary N) is 2. The smallest absolute Gasteiger partial charge is 0.245 e. The molecule has 0 bridgehead atoms. The largest absolute Gasteiger partial charge is 0.381 e. The average Bonchev–Trinajstić information content (AvgIpc) is 2.64. The monoisotopic (exact) mass is 377 g/mol. The Bertz CT molecular complexity index is 624. The van der Waals surface area contributed by atoms with E-state index < -0.39 is 5.54 Å². The number of likely N-dealkylation sites (tertiary alicyclic amines) is 1. The Morgan fingerprint density at radius 3 is 2.63 bits per heavy atom. The molecular formula is C21H32FN3O2. The molecule has 0 atom stereocenters. The fourth-order valence-corrected chi connectivity index (χ4v) is 4.06. The van der Waals surface area contributed by atoms with E-state index in [0.29, 0.717) is 24.4 Å². The molecule has 0 spiro atoms. The number of nitrogens with zero attached hydrogens (tertiary/aromatic N) is 1. The van der Waals surface area contributed by atoms with Crippen molar-refractivity contribution >= 4 is 11.6 Å². The predicted octanol–water partition coefficient (Wildman–Crippen LogP) is 3.02. The number of carbonyl (C=O) groups excluding carboxylic acids is 1. The summed E-state index contributed by atoms with van der Waals surface area (Å²) >= 11 is 0. The average molecular weight is 378 g/mol. The Kier molecular flexibility index (Phi) is 6.71. The summed E-state index contributed by atoms with van der Waals surface area (Å²) in [6.07, 6.45) is 3.67. The van der Waals surface area contributed by atoms with E-state index >= 15 is 0 Å². The zero-order valence-electron chi connectivity index (χ0n) is 16.5. The highest BCUT2D eigenvalue weighted by Gasteiger charge is 2.42. The van der Waals surface area contributed by atoms with Gasteiger partial charge in [0.2, 0.25) is 5.91 Å². The van der Waals surface area contributed by atoms with Gasteiger partial charge in [-0.1, -0.05) is 6.07 Å². The molecule has 150 valence electrons. The zero-order chi connectivity index (χ0) is 19.3. The highest BCUT2D eigenvalue weighted by atomic mass is 19.1. The lowest BCUT2D eigenvalue weighted by Gasteiger charge is -2.43. The molecule has 6 heteroatoms. The maximum absolute atomic E-state index is 13.6. The molecule has 1 aromatic rings. The van der Waals surface area contributed by atoms with Gasteiger partial charge in [-0.25, -0.2) is 4.39 Å². The van der Waals surface area contributed by atoms with E-state index in [9.17, 15) is 9.18 Å². The number of carbonyl (C=O) groups is 1. The molecule has 3 rings (SSSR count). The van der Waals surface area contributed by atoms with Crippen LogP contribution >= 0.6 is 0 Å². The second-order valence-corrected chi connectivity index (χ2v) is 8.20. The summed E-state index contributed by atoms with van der Waals surface area (Å²) in [6.45, 7) is 8.46. The Morgan fingerprint density at radius 2 is 2.00 bits per heavy atom. The van der Waals surface area contributed by atoms with Crippen molar-refractivity contribution in [3.05, 3.63) is 30.1 Å². The van der Waals surface area contributed by atoms with Crippen LogP contribution in [0.2, 0.25) is 0 Å². The molecule has 0 aliphatic carbocycles. The number of rotatable bonds is 6. The standard InChI is InChI=1S/C21H32FN3O2/c1-16(2)23-20(26)21(24-19-5-3-4-18(22)14-19)8-10-25(11-9-21)15-17-6-12-27-13-7-17/h3-5,14,16-17,24H,6-13,15H2,1-2H3,(H,23,26). The van der Waals surface area contributed by atoms with Crippen molar-refractivity contribution in [1.82, 2.24) is 10.2 Å². The van der Waals surface area contributed by atoms with Gasteiger partial charge in [0.15, 0.2) is 0 Å². The molecule has 0 aromatic heterocycles. The van der Waals surface area contributed by atoms with Crippen molar-refractivity contribution < 1.29 is 13.9 Å². The van der Waals surface area contributed by atoms with Crippen LogP contribution in [0.4, 0.5) is 10.1 Å². The number of halogens is 1. The number of ether oxygens (including phenoxy) is 1. The number of anilines is 1. The molecule has 2 N–H and O–H groups in total. The molecule has 5 nitrogen and oxygen atoms in total. The lowest BCUT2D eigenvalue weighted by molar-refractivity contribution is -0.127. The second kappa shape index (κ2) is 9.02. The first kappa shape index (κ1) is 20.1. The third kappa shape index (κ3) is 5.42. The molecule has 0 radical (unpaired) electrons. The van der Waals surface area contributed by atoms with Gasteiger partial charge in [-0.15, -0.1) is 0 Å². The third-order valence-corrected chi connectivity index (χ3v) is 5.63. The van der Waals surface area contributed by atoms with E-state index in [1.807, 2.05) is 19.9 Å². The number of piperidine rings is 1. The minimum absolute atomic E-state index is 0.00692. The van der Waals surface area contributed by atoms with Crippen LogP contribution in [0.1, 0.15) is 39.5 Å². The Morgan fingerprint density at radius 1 is 1.30 bits per heavy atom. The summed E-state index contributed by atoms with van der Waals surface area (Å²) in [4.78, 5) is 15.5. The number of hydrogen-bond donors (Lipinski definition) is 2. The quantitative estimate of drug-likeness (QED) is 0.800. The lowest BCUT2D eigenvalue weighted by Crippen LogP contribution is -2.59. The van der Waals surface area contributed by atoms with Gasteiger partial charge in [0.05, 0.1) is 0 Å². The number of hydrogen-bond acceptors (Lipinski definition) is 4.